The number of nitrogens with zero attached hydrogens (tertiary/aromatic N) is 2. The molecule has 1 unspecified atom stereocenters. The zero-order chi connectivity index (χ0) is 18.1. The topological polar surface area (TPSA) is 84.0 Å². The molecule has 2 N–H and O–H groups in total. The van der Waals surface area contributed by atoms with Crippen LogP contribution in [0.3, 0.4) is 0 Å². The highest BCUT2D eigenvalue weighted by Gasteiger charge is 2.22. The summed E-state index contributed by atoms with van der Waals surface area (Å²) in [6.45, 7) is 11.4. The van der Waals surface area contributed by atoms with Gasteiger partial charge in [-0.25, -0.2) is 14.8 Å². The number of hydrogen-bond donors (Lipinski definition) is 2. The average molecular weight is 367 g/mol. The minimum atomic E-state index is -0.490. The van der Waals surface area contributed by atoms with Crippen molar-refractivity contribution in [2.75, 3.05) is 0 Å². The number of imide groups is 1. The summed E-state index contributed by atoms with van der Waals surface area (Å²) in [4.78, 5) is 34.8. The molecule has 0 saturated heterocycles. The molecule has 0 aliphatic carbocycles. The fourth-order valence-corrected chi connectivity index (χ4v) is 4.08. The van der Waals surface area contributed by atoms with E-state index in [1.54, 1.807) is 18.3 Å². The Morgan fingerprint density at radius 2 is 1.92 bits per heavy atom. The van der Waals surface area contributed by atoms with Crippen LogP contribution >= 0.6 is 23.1 Å². The van der Waals surface area contributed by atoms with Crippen molar-refractivity contribution < 1.29 is 9.59 Å². The first kappa shape index (κ1) is 18.7. The largest absolute Gasteiger partial charge is 0.333 e. The first-order chi connectivity index (χ1) is 11.1. The Balaban J connectivity index is 2.11. The number of fused-ring (bicyclic) bond motifs is 1. The number of hydrogen-bond acceptors (Lipinski definition) is 6. The lowest BCUT2D eigenvalue weighted by molar-refractivity contribution is -0.119. The van der Waals surface area contributed by atoms with E-state index in [1.807, 2.05) is 34.6 Å². The second-order valence-corrected chi connectivity index (χ2v) is 9.13. The third-order valence-corrected chi connectivity index (χ3v) is 5.53. The maximum atomic E-state index is 12.2. The van der Waals surface area contributed by atoms with Crippen LogP contribution in [0.4, 0.5) is 4.79 Å². The SMILES string of the molecule is Cc1sc2ncnc(SC(C)C(=O)NC(=O)NC(C)(C)C)c2c1C. The molecule has 2 aromatic rings. The molecule has 0 aliphatic heterocycles. The van der Waals surface area contributed by atoms with E-state index in [0.29, 0.717) is 0 Å². The summed E-state index contributed by atoms with van der Waals surface area (Å²) in [5.41, 5.74) is 0.737. The van der Waals surface area contributed by atoms with Gasteiger partial charge >= 0.3 is 6.03 Å². The summed E-state index contributed by atoms with van der Waals surface area (Å²) < 4.78 is 0. The lowest BCUT2D eigenvalue weighted by Crippen LogP contribution is -2.49. The van der Waals surface area contributed by atoms with Gasteiger partial charge in [0.2, 0.25) is 5.91 Å². The number of nitrogens with one attached hydrogen (secondary N) is 2. The van der Waals surface area contributed by atoms with Crippen LogP contribution in [0.25, 0.3) is 10.2 Å². The number of aryl methyl sites for hydroxylation is 2. The quantitative estimate of drug-likeness (QED) is 0.642. The van der Waals surface area contributed by atoms with E-state index in [0.717, 1.165) is 20.8 Å². The minimum absolute atomic E-state index is 0.349. The van der Waals surface area contributed by atoms with Gasteiger partial charge in [-0.15, -0.1) is 11.3 Å². The van der Waals surface area contributed by atoms with E-state index in [1.165, 1.54) is 23.0 Å². The summed E-state index contributed by atoms with van der Waals surface area (Å²) >= 11 is 2.95. The van der Waals surface area contributed by atoms with Gasteiger partial charge < -0.3 is 5.32 Å². The van der Waals surface area contributed by atoms with Crippen molar-refractivity contribution in [2.45, 2.75) is 57.4 Å². The van der Waals surface area contributed by atoms with Crippen LogP contribution in [0.15, 0.2) is 11.4 Å². The second kappa shape index (κ2) is 7.06. The van der Waals surface area contributed by atoms with E-state index in [-0.39, 0.29) is 5.91 Å². The molecule has 0 radical (unpaired) electrons. The Morgan fingerprint density at radius 3 is 2.54 bits per heavy atom. The molecule has 6 nitrogen and oxygen atoms in total. The highest BCUT2D eigenvalue weighted by Crippen LogP contribution is 2.35. The molecule has 3 amide bonds. The Kier molecular flexibility index (Phi) is 5.49. The number of rotatable bonds is 3. The molecule has 0 spiro atoms. The van der Waals surface area contributed by atoms with Gasteiger partial charge in [0.05, 0.1) is 5.25 Å². The number of carbonyl (C=O) groups excluding carboxylic acids is 2. The van der Waals surface area contributed by atoms with Gasteiger partial charge in [0, 0.05) is 15.8 Å². The first-order valence-electron chi connectivity index (χ1n) is 7.59. The number of thioether (sulfide) groups is 1. The van der Waals surface area contributed by atoms with Crippen LogP contribution < -0.4 is 10.6 Å². The zero-order valence-electron chi connectivity index (χ0n) is 14.7. The third-order valence-electron chi connectivity index (χ3n) is 3.31. The smallest absolute Gasteiger partial charge is 0.321 e. The number of thiophene rings is 1. The van der Waals surface area contributed by atoms with Crippen molar-refractivity contribution >= 4 is 45.3 Å². The lowest BCUT2D eigenvalue weighted by atomic mass is 10.1. The van der Waals surface area contributed by atoms with Gasteiger partial charge in [0.25, 0.3) is 0 Å². The molecule has 0 bridgehead atoms. The molecule has 0 aromatic carbocycles. The molecule has 130 valence electrons. The van der Waals surface area contributed by atoms with Gasteiger partial charge in [0.15, 0.2) is 0 Å². The molecule has 0 fully saturated rings. The Hall–Kier alpha value is -1.67. The van der Waals surface area contributed by atoms with Crippen LogP contribution in [-0.2, 0) is 4.79 Å². The molecular formula is C16H22N4O2S2. The Bertz CT molecular complexity index is 780. The predicted molar refractivity (Wildman–Crippen MR) is 98.6 cm³/mol. The van der Waals surface area contributed by atoms with Crippen molar-refractivity contribution in [3.05, 3.63) is 16.8 Å². The summed E-state index contributed by atoms with van der Waals surface area (Å²) in [5, 5.41) is 6.38. The standard InChI is InChI=1S/C16H22N4O2S2/c1-8-9(2)23-13-11(8)14(18-7-17-13)24-10(3)12(21)19-15(22)20-16(4,5)6/h7,10H,1-6H3,(H2,19,20,21,22). The van der Waals surface area contributed by atoms with E-state index in [9.17, 15) is 9.59 Å². The summed E-state index contributed by atoms with van der Waals surface area (Å²) in [6, 6.07) is -0.490. The minimum Gasteiger partial charge on any atom is -0.333 e. The molecule has 24 heavy (non-hydrogen) atoms. The van der Waals surface area contributed by atoms with Crippen molar-refractivity contribution in [1.82, 2.24) is 20.6 Å². The highest BCUT2D eigenvalue weighted by molar-refractivity contribution is 8.00. The van der Waals surface area contributed by atoms with Crippen molar-refractivity contribution in [3.8, 4) is 0 Å². The van der Waals surface area contributed by atoms with Gasteiger partial charge in [-0.3, -0.25) is 10.1 Å². The van der Waals surface area contributed by atoms with E-state index >= 15 is 0 Å². The van der Waals surface area contributed by atoms with Crippen LogP contribution in [0.1, 0.15) is 38.1 Å². The van der Waals surface area contributed by atoms with Gasteiger partial charge in [-0.05, 0) is 47.1 Å². The summed E-state index contributed by atoms with van der Waals surface area (Å²) in [7, 11) is 0. The predicted octanol–water partition coefficient (Wildman–Crippen LogP) is 3.41. The normalized spacial score (nSPS) is 12.9. The zero-order valence-corrected chi connectivity index (χ0v) is 16.3. The van der Waals surface area contributed by atoms with E-state index < -0.39 is 16.8 Å². The van der Waals surface area contributed by atoms with E-state index in [4.69, 9.17) is 0 Å². The van der Waals surface area contributed by atoms with Gasteiger partial charge in [-0.2, -0.15) is 0 Å². The summed E-state index contributed by atoms with van der Waals surface area (Å²) in [6.07, 6.45) is 1.51. The maximum absolute atomic E-state index is 12.2. The Morgan fingerprint density at radius 1 is 1.25 bits per heavy atom. The van der Waals surface area contributed by atoms with Gasteiger partial charge in [-0.1, -0.05) is 11.8 Å². The molecule has 2 aromatic heterocycles. The Labute approximate surface area is 149 Å². The molecule has 8 heteroatoms. The van der Waals surface area contributed by atoms with Crippen LogP contribution in [-0.4, -0.2) is 32.7 Å². The monoisotopic (exact) mass is 366 g/mol. The molecule has 1 atom stereocenters. The maximum Gasteiger partial charge on any atom is 0.321 e. The molecule has 0 saturated carbocycles. The highest BCUT2D eigenvalue weighted by atomic mass is 32.2. The van der Waals surface area contributed by atoms with Crippen molar-refractivity contribution in [3.63, 3.8) is 0 Å². The van der Waals surface area contributed by atoms with Crippen LogP contribution in [0, 0.1) is 13.8 Å². The summed E-state index contributed by atoms with van der Waals surface area (Å²) in [5.74, 6) is -0.349. The van der Waals surface area contributed by atoms with Crippen LogP contribution in [0.5, 0.6) is 0 Å². The number of aromatic nitrogens is 2. The van der Waals surface area contributed by atoms with Crippen molar-refractivity contribution in [1.29, 1.82) is 0 Å². The third kappa shape index (κ3) is 4.45. The molecular weight excluding hydrogens is 344 g/mol. The van der Waals surface area contributed by atoms with Crippen molar-refractivity contribution in [2.24, 2.45) is 0 Å². The average Bonchev–Trinajstić information content (AvgIpc) is 2.72. The second-order valence-electron chi connectivity index (χ2n) is 6.60. The molecule has 2 heterocycles. The fraction of sp³-hybridized carbons (Fsp3) is 0.500. The fourth-order valence-electron chi connectivity index (χ4n) is 2.05. The lowest BCUT2D eigenvalue weighted by Gasteiger charge is -2.21. The molecule has 2 rings (SSSR count). The van der Waals surface area contributed by atoms with E-state index in [2.05, 4.69) is 20.6 Å². The number of urea groups is 1. The number of carbonyl (C=O) groups is 2. The molecule has 0 aliphatic rings. The van der Waals surface area contributed by atoms with Crippen LogP contribution in [0.2, 0.25) is 0 Å². The first-order valence-corrected chi connectivity index (χ1v) is 9.28. The number of amides is 3. The van der Waals surface area contributed by atoms with Gasteiger partial charge in [0.1, 0.15) is 16.2 Å².